The highest BCUT2D eigenvalue weighted by Gasteiger charge is 2.19. The van der Waals surface area contributed by atoms with Crippen molar-refractivity contribution in [1.29, 1.82) is 0 Å². The molecule has 9 aromatic rings. The molecule has 0 atom stereocenters. The molecule has 0 aliphatic rings. The number of rotatable bonds is 4. The van der Waals surface area contributed by atoms with Crippen LogP contribution in [0.2, 0.25) is 0 Å². The molecule has 0 unspecified atom stereocenters. The lowest BCUT2D eigenvalue weighted by Gasteiger charge is -2.09. The van der Waals surface area contributed by atoms with Gasteiger partial charge in [-0.1, -0.05) is 139 Å². The summed E-state index contributed by atoms with van der Waals surface area (Å²) in [4.78, 5) is 13.4. The Labute approximate surface area is 279 Å². The van der Waals surface area contributed by atoms with E-state index < -0.39 is 83.2 Å². The lowest BCUT2D eigenvalue weighted by atomic mass is 9.96. The van der Waals surface area contributed by atoms with E-state index in [-0.39, 0.29) is 63.1 Å². The lowest BCUT2D eigenvalue weighted by molar-refractivity contribution is 0.670. The van der Waals surface area contributed by atoms with Crippen LogP contribution in [0.4, 0.5) is 0 Å². The van der Waals surface area contributed by atoms with E-state index in [0.29, 0.717) is 5.56 Å². The fraction of sp³-hybridized carbons (Fsp3) is 0. The summed E-state index contributed by atoms with van der Waals surface area (Å²) in [7, 11) is 0. The van der Waals surface area contributed by atoms with Gasteiger partial charge < -0.3 is 4.42 Å². The zero-order chi connectivity index (χ0) is 41.9. The Morgan fingerprint density at radius 2 is 1.16 bits per heavy atom. The second kappa shape index (κ2) is 10.2. The van der Waals surface area contributed by atoms with Gasteiger partial charge in [-0.2, -0.15) is 0 Å². The monoisotopic (exact) mass is 589 g/mol. The van der Waals surface area contributed by atoms with Crippen LogP contribution in [0.1, 0.15) is 19.2 Å². The molecule has 0 aliphatic heterocycles. The second-order valence-corrected chi connectivity index (χ2v) is 10.2. The van der Waals surface area contributed by atoms with Crippen molar-refractivity contribution >= 4 is 43.5 Å². The van der Waals surface area contributed by atoms with Crippen LogP contribution in [0, 0.1) is 0 Å². The van der Waals surface area contributed by atoms with Crippen LogP contribution in [0.3, 0.4) is 0 Å². The van der Waals surface area contributed by atoms with Crippen molar-refractivity contribution in [1.82, 2.24) is 15.0 Å². The summed E-state index contributed by atoms with van der Waals surface area (Å²) < 4.78 is 127. The molecule has 4 nitrogen and oxygen atoms in total. The summed E-state index contributed by atoms with van der Waals surface area (Å²) in [6.45, 7) is 0. The standard InChI is InChI=1S/C41H25N3O/c1-3-12-27(13-4-1)39-42-40(28-14-5-2-6-15-28)44-41(43-39)35-19-10-20-36-37(35)34-18-9-17-33(38(34)45-36)30-23-24-32-29(25-30)22-21-26-11-7-8-16-31(26)32/h1-25H/i1D,2D,3D,4D,5D,6D,9D,12D,13D,14D,15D,17D,19D,20D. The summed E-state index contributed by atoms with van der Waals surface area (Å²) in [5.41, 5.74) is -0.251. The van der Waals surface area contributed by atoms with E-state index >= 15 is 0 Å². The smallest absolute Gasteiger partial charge is 0.164 e. The van der Waals surface area contributed by atoms with Gasteiger partial charge in [0.05, 0.1) is 19.2 Å². The van der Waals surface area contributed by atoms with E-state index in [4.69, 9.17) is 23.6 Å². The van der Waals surface area contributed by atoms with Crippen LogP contribution in [0.15, 0.2) is 156 Å². The molecule has 0 radical (unpaired) electrons. The second-order valence-electron chi connectivity index (χ2n) is 10.2. The molecular formula is C41H25N3O. The van der Waals surface area contributed by atoms with Gasteiger partial charge in [0.2, 0.25) is 0 Å². The van der Waals surface area contributed by atoms with Gasteiger partial charge in [0.15, 0.2) is 17.5 Å². The van der Waals surface area contributed by atoms with Crippen molar-refractivity contribution in [3.8, 4) is 45.3 Å². The quantitative estimate of drug-likeness (QED) is 0.192. The van der Waals surface area contributed by atoms with Crippen LogP contribution in [0.5, 0.6) is 0 Å². The molecule has 2 heterocycles. The fourth-order valence-corrected chi connectivity index (χ4v) is 5.58. The maximum atomic E-state index is 9.16. The molecule has 4 heteroatoms. The van der Waals surface area contributed by atoms with E-state index in [0.717, 1.165) is 27.6 Å². The molecule has 0 saturated heterocycles. The number of hydrogen-bond acceptors (Lipinski definition) is 4. The first-order chi connectivity index (χ1) is 28.1. The average molecular weight is 590 g/mol. The molecule has 0 amide bonds. The minimum Gasteiger partial charge on any atom is -0.455 e. The van der Waals surface area contributed by atoms with Crippen LogP contribution in [-0.4, -0.2) is 15.0 Å². The van der Waals surface area contributed by atoms with Crippen molar-refractivity contribution < 1.29 is 23.6 Å². The molecule has 0 bridgehead atoms. The Kier molecular flexibility index (Phi) is 3.43. The zero-order valence-corrected chi connectivity index (χ0v) is 23.1. The third-order valence-electron chi connectivity index (χ3n) is 7.60. The largest absolute Gasteiger partial charge is 0.455 e. The number of furan rings is 1. The Bertz CT molecular complexity index is 3200. The van der Waals surface area contributed by atoms with Crippen molar-refractivity contribution in [2.75, 3.05) is 0 Å². The van der Waals surface area contributed by atoms with Crippen LogP contribution >= 0.6 is 0 Å². The predicted octanol–water partition coefficient (Wildman–Crippen LogP) is 10.7. The van der Waals surface area contributed by atoms with E-state index in [2.05, 4.69) is 15.0 Å². The van der Waals surface area contributed by atoms with E-state index in [1.807, 2.05) is 54.6 Å². The normalized spacial score (nSPS) is 15.9. The van der Waals surface area contributed by atoms with Gasteiger partial charge in [0.1, 0.15) is 11.2 Å². The van der Waals surface area contributed by atoms with Crippen molar-refractivity contribution in [3.63, 3.8) is 0 Å². The summed E-state index contributed by atoms with van der Waals surface area (Å²) in [5, 5.41) is 4.19. The maximum absolute atomic E-state index is 9.16. The van der Waals surface area contributed by atoms with Crippen molar-refractivity contribution in [2.45, 2.75) is 0 Å². The number of nitrogens with zero attached hydrogens (tertiary/aromatic N) is 3. The molecule has 0 spiro atoms. The first kappa shape index (κ1) is 15.0. The minimum absolute atomic E-state index is 0.0711. The SMILES string of the molecule is [2H]c1cc2c(oc3c([2H])cc([2H])c(-c4nc(-c5c([2H])c([2H])c([2H])c([2H])c5[2H])nc(-c5c([2H])c([2H])c([2H])c([2H])c5[2H])n4)c32)c(-c2ccc3c(ccc4ccccc43)c2)c1[2H]. The highest BCUT2D eigenvalue weighted by atomic mass is 16.3. The van der Waals surface area contributed by atoms with Gasteiger partial charge in [-0.3, -0.25) is 0 Å². The van der Waals surface area contributed by atoms with Gasteiger partial charge in [-0.05, 0) is 39.2 Å². The van der Waals surface area contributed by atoms with E-state index in [1.165, 1.54) is 6.07 Å². The van der Waals surface area contributed by atoms with Gasteiger partial charge >= 0.3 is 0 Å². The van der Waals surface area contributed by atoms with Gasteiger partial charge in [-0.15, -0.1) is 0 Å². The third kappa shape index (κ3) is 4.27. The zero-order valence-electron chi connectivity index (χ0n) is 37.1. The predicted molar refractivity (Wildman–Crippen MR) is 184 cm³/mol. The summed E-state index contributed by atoms with van der Waals surface area (Å²) in [6, 6.07) is 12.1. The van der Waals surface area contributed by atoms with Gasteiger partial charge in [-0.25, -0.2) is 15.0 Å². The highest BCUT2D eigenvalue weighted by Crippen LogP contribution is 2.41. The molecule has 0 saturated carbocycles. The summed E-state index contributed by atoms with van der Waals surface area (Å²) >= 11 is 0. The summed E-state index contributed by atoms with van der Waals surface area (Å²) in [5.74, 6) is -1.44. The Hall–Kier alpha value is -6.13. The fourth-order valence-electron chi connectivity index (χ4n) is 5.58. The average Bonchev–Trinajstić information content (AvgIpc) is 3.59. The molecule has 9 rings (SSSR count). The first-order valence-electron chi connectivity index (χ1n) is 20.9. The lowest BCUT2D eigenvalue weighted by Crippen LogP contribution is -2.00. The number of fused-ring (bicyclic) bond motifs is 6. The molecular weight excluding hydrogens is 550 g/mol. The molecule has 2 aromatic heterocycles. The number of aromatic nitrogens is 3. The third-order valence-corrected chi connectivity index (χ3v) is 7.60. The molecule has 210 valence electrons. The molecule has 7 aromatic carbocycles. The topological polar surface area (TPSA) is 51.8 Å². The Balaban J connectivity index is 1.38. The highest BCUT2D eigenvalue weighted by molar-refractivity contribution is 6.15. The number of hydrogen-bond donors (Lipinski definition) is 0. The number of benzene rings is 7. The Morgan fingerprint density at radius 1 is 0.467 bits per heavy atom. The molecule has 0 N–H and O–H groups in total. The minimum atomic E-state index is -0.709. The first-order valence-corrected chi connectivity index (χ1v) is 13.9. The molecule has 0 aliphatic carbocycles. The summed E-state index contributed by atoms with van der Waals surface area (Å²) in [6.07, 6.45) is 0. The van der Waals surface area contributed by atoms with Crippen molar-refractivity contribution in [3.05, 3.63) is 151 Å². The Morgan fingerprint density at radius 3 is 1.93 bits per heavy atom. The van der Waals surface area contributed by atoms with Crippen LogP contribution in [0.25, 0.3) is 88.8 Å². The van der Waals surface area contributed by atoms with Gasteiger partial charge in [0.25, 0.3) is 0 Å². The van der Waals surface area contributed by atoms with E-state index in [1.54, 1.807) is 0 Å². The number of para-hydroxylation sites is 1. The van der Waals surface area contributed by atoms with Crippen molar-refractivity contribution in [2.24, 2.45) is 0 Å². The molecule has 45 heavy (non-hydrogen) atoms. The maximum Gasteiger partial charge on any atom is 0.164 e. The van der Waals surface area contributed by atoms with Crippen LogP contribution in [-0.2, 0) is 0 Å². The molecule has 0 fully saturated rings. The van der Waals surface area contributed by atoms with E-state index in [9.17, 15) is 0 Å². The van der Waals surface area contributed by atoms with Gasteiger partial charge in [0, 0.05) is 33.0 Å². The van der Waals surface area contributed by atoms with Crippen LogP contribution < -0.4 is 0 Å².